The van der Waals surface area contributed by atoms with Crippen molar-refractivity contribution in [1.82, 2.24) is 5.32 Å². The summed E-state index contributed by atoms with van der Waals surface area (Å²) in [6, 6.07) is 1.40. The van der Waals surface area contributed by atoms with Crippen LogP contribution in [-0.2, 0) is 9.59 Å². The predicted octanol–water partition coefficient (Wildman–Crippen LogP) is 2.47. The zero-order valence-corrected chi connectivity index (χ0v) is 11.3. The van der Waals surface area contributed by atoms with E-state index in [1.165, 1.54) is 18.3 Å². The van der Waals surface area contributed by atoms with Gasteiger partial charge in [0.1, 0.15) is 0 Å². The number of nitrogens with one attached hydrogen (secondary N) is 1. The van der Waals surface area contributed by atoms with Crippen LogP contribution >= 0.6 is 27.3 Å². The normalized spacial score (nSPS) is 12.2. The number of carbonyl (C=O) groups is 2. The number of carboxylic acid groups (broad SMARTS) is 1. The van der Waals surface area contributed by atoms with Crippen LogP contribution < -0.4 is 5.32 Å². The highest BCUT2D eigenvalue weighted by molar-refractivity contribution is 9.10. The lowest BCUT2D eigenvalue weighted by atomic mass is 10.1. The number of carbonyl (C=O) groups excluding carboxylic acids is 1. The van der Waals surface area contributed by atoms with E-state index in [0.29, 0.717) is 0 Å². The third kappa shape index (κ3) is 3.61. The Morgan fingerprint density at radius 2 is 2.25 bits per heavy atom. The van der Waals surface area contributed by atoms with Gasteiger partial charge in [0.2, 0.25) is 5.91 Å². The van der Waals surface area contributed by atoms with Gasteiger partial charge in [0.15, 0.2) is 0 Å². The SMILES string of the molecule is CC(=O)N[C@@H](CC(=O)O)c1cc(Br)c(C)s1. The van der Waals surface area contributed by atoms with Crippen molar-refractivity contribution >= 4 is 39.1 Å². The lowest BCUT2D eigenvalue weighted by molar-refractivity contribution is -0.137. The smallest absolute Gasteiger partial charge is 0.305 e. The molecule has 1 atom stereocenters. The molecule has 0 aliphatic carbocycles. The number of rotatable bonds is 4. The van der Waals surface area contributed by atoms with E-state index in [1.807, 2.05) is 13.0 Å². The zero-order valence-electron chi connectivity index (χ0n) is 8.91. The molecule has 1 rings (SSSR count). The molecule has 0 aliphatic rings. The minimum atomic E-state index is -0.930. The van der Waals surface area contributed by atoms with E-state index in [2.05, 4.69) is 21.2 Å². The topological polar surface area (TPSA) is 66.4 Å². The van der Waals surface area contributed by atoms with Gasteiger partial charge >= 0.3 is 5.97 Å². The van der Waals surface area contributed by atoms with E-state index in [1.54, 1.807) is 0 Å². The summed E-state index contributed by atoms with van der Waals surface area (Å²) >= 11 is 4.85. The van der Waals surface area contributed by atoms with Crippen LogP contribution in [0.3, 0.4) is 0 Å². The molecule has 1 amide bonds. The zero-order chi connectivity index (χ0) is 12.3. The molecule has 0 radical (unpaired) electrons. The van der Waals surface area contributed by atoms with Gasteiger partial charge in [-0.1, -0.05) is 0 Å². The summed E-state index contributed by atoms with van der Waals surface area (Å²) in [5.74, 6) is -1.16. The molecule has 88 valence electrons. The lowest BCUT2D eigenvalue weighted by Gasteiger charge is -2.13. The number of halogens is 1. The van der Waals surface area contributed by atoms with Crippen LogP contribution in [0.1, 0.15) is 29.1 Å². The van der Waals surface area contributed by atoms with Gasteiger partial charge in [-0.3, -0.25) is 9.59 Å². The fourth-order valence-corrected chi connectivity index (χ4v) is 2.91. The van der Waals surface area contributed by atoms with Crippen LogP contribution in [0.5, 0.6) is 0 Å². The molecule has 0 aromatic carbocycles. The van der Waals surface area contributed by atoms with Crippen molar-refractivity contribution in [2.24, 2.45) is 0 Å². The summed E-state index contributed by atoms with van der Waals surface area (Å²) in [5.41, 5.74) is 0. The van der Waals surface area contributed by atoms with Gasteiger partial charge in [0, 0.05) is 21.2 Å². The molecule has 0 spiro atoms. The van der Waals surface area contributed by atoms with E-state index < -0.39 is 12.0 Å². The minimum absolute atomic E-state index is 0.105. The molecule has 0 bridgehead atoms. The van der Waals surface area contributed by atoms with Gasteiger partial charge in [0.05, 0.1) is 12.5 Å². The van der Waals surface area contributed by atoms with Crippen molar-refractivity contribution < 1.29 is 14.7 Å². The second kappa shape index (κ2) is 5.45. The Kier molecular flexibility index (Phi) is 4.49. The highest BCUT2D eigenvalue weighted by Gasteiger charge is 2.19. The third-order valence-electron chi connectivity index (χ3n) is 1.98. The summed E-state index contributed by atoms with van der Waals surface area (Å²) < 4.78 is 0.938. The van der Waals surface area contributed by atoms with Gasteiger partial charge in [-0.25, -0.2) is 0 Å². The predicted molar refractivity (Wildman–Crippen MR) is 65.6 cm³/mol. The fourth-order valence-electron chi connectivity index (χ4n) is 1.30. The quantitative estimate of drug-likeness (QED) is 0.898. The summed E-state index contributed by atoms with van der Waals surface area (Å²) in [4.78, 5) is 23.6. The summed E-state index contributed by atoms with van der Waals surface area (Å²) in [6.07, 6.45) is -0.105. The van der Waals surface area contributed by atoms with Crippen molar-refractivity contribution in [2.45, 2.75) is 26.3 Å². The molecule has 0 saturated heterocycles. The maximum Gasteiger partial charge on any atom is 0.305 e. The van der Waals surface area contributed by atoms with Gasteiger partial charge in [-0.15, -0.1) is 11.3 Å². The largest absolute Gasteiger partial charge is 0.481 e. The molecule has 4 nitrogen and oxygen atoms in total. The number of hydrogen-bond donors (Lipinski definition) is 2. The van der Waals surface area contributed by atoms with Crippen molar-refractivity contribution in [3.63, 3.8) is 0 Å². The maximum atomic E-state index is 11.0. The summed E-state index contributed by atoms with van der Waals surface area (Å²) in [6.45, 7) is 3.31. The summed E-state index contributed by atoms with van der Waals surface area (Å²) in [5, 5.41) is 11.4. The Labute approximate surface area is 106 Å². The van der Waals surface area contributed by atoms with Gasteiger partial charge in [-0.2, -0.15) is 0 Å². The van der Waals surface area contributed by atoms with Crippen LogP contribution in [0.2, 0.25) is 0 Å². The standard InChI is InChI=1S/C10H12BrNO3S/c1-5-7(11)3-9(16-5)8(4-10(14)15)12-6(2)13/h3,8H,4H2,1-2H3,(H,12,13)(H,14,15)/t8-/m0/s1. The monoisotopic (exact) mass is 305 g/mol. The number of aryl methyl sites for hydroxylation is 1. The van der Waals surface area contributed by atoms with E-state index in [4.69, 9.17) is 5.11 Å². The number of carboxylic acids is 1. The second-order valence-electron chi connectivity index (χ2n) is 3.40. The Morgan fingerprint density at radius 3 is 2.62 bits per heavy atom. The first-order valence-electron chi connectivity index (χ1n) is 4.65. The average molecular weight is 306 g/mol. The Morgan fingerprint density at radius 1 is 1.62 bits per heavy atom. The lowest BCUT2D eigenvalue weighted by Crippen LogP contribution is -2.27. The van der Waals surface area contributed by atoms with E-state index in [-0.39, 0.29) is 12.3 Å². The van der Waals surface area contributed by atoms with Crippen LogP contribution in [0.25, 0.3) is 0 Å². The molecule has 6 heteroatoms. The van der Waals surface area contributed by atoms with Crippen molar-refractivity contribution in [3.8, 4) is 0 Å². The van der Waals surface area contributed by atoms with Crippen LogP contribution in [0.15, 0.2) is 10.5 Å². The molecule has 1 aromatic rings. The molecule has 16 heavy (non-hydrogen) atoms. The number of amides is 1. The molecule has 0 unspecified atom stereocenters. The van der Waals surface area contributed by atoms with Crippen LogP contribution in [-0.4, -0.2) is 17.0 Å². The Hall–Kier alpha value is -0.880. The third-order valence-corrected chi connectivity index (χ3v) is 4.23. The highest BCUT2D eigenvalue weighted by atomic mass is 79.9. The molecular formula is C10H12BrNO3S. The summed E-state index contributed by atoms with van der Waals surface area (Å²) in [7, 11) is 0. The molecule has 0 aliphatic heterocycles. The highest BCUT2D eigenvalue weighted by Crippen LogP contribution is 2.31. The van der Waals surface area contributed by atoms with E-state index in [0.717, 1.165) is 14.2 Å². The van der Waals surface area contributed by atoms with Crippen molar-refractivity contribution in [1.29, 1.82) is 0 Å². The Bertz CT molecular complexity index is 381. The van der Waals surface area contributed by atoms with E-state index in [9.17, 15) is 9.59 Å². The molecular weight excluding hydrogens is 294 g/mol. The molecule has 1 aromatic heterocycles. The number of hydrogen-bond acceptors (Lipinski definition) is 3. The first-order valence-corrected chi connectivity index (χ1v) is 6.26. The fraction of sp³-hybridized carbons (Fsp3) is 0.400. The first kappa shape index (κ1) is 13.2. The van der Waals surface area contributed by atoms with Crippen LogP contribution in [0.4, 0.5) is 0 Å². The molecule has 0 saturated carbocycles. The second-order valence-corrected chi connectivity index (χ2v) is 5.55. The van der Waals surface area contributed by atoms with Crippen molar-refractivity contribution in [2.75, 3.05) is 0 Å². The van der Waals surface area contributed by atoms with Gasteiger partial charge < -0.3 is 10.4 Å². The molecule has 2 N–H and O–H groups in total. The van der Waals surface area contributed by atoms with Crippen molar-refractivity contribution in [3.05, 3.63) is 20.3 Å². The number of thiophene rings is 1. The molecule has 1 heterocycles. The van der Waals surface area contributed by atoms with E-state index >= 15 is 0 Å². The van der Waals surface area contributed by atoms with Gasteiger partial charge in [-0.05, 0) is 28.9 Å². The number of aliphatic carboxylic acids is 1. The maximum absolute atomic E-state index is 11.0. The minimum Gasteiger partial charge on any atom is -0.481 e. The van der Waals surface area contributed by atoms with Crippen LogP contribution in [0, 0.1) is 6.92 Å². The van der Waals surface area contributed by atoms with Gasteiger partial charge in [0.25, 0.3) is 0 Å². The Balaban J connectivity index is 2.90. The average Bonchev–Trinajstić information content (AvgIpc) is 2.44. The first-order chi connectivity index (χ1) is 7.40. The molecule has 0 fully saturated rings.